The lowest BCUT2D eigenvalue weighted by atomic mass is 10.0. The minimum absolute atomic E-state index is 0.0857. The van der Waals surface area contributed by atoms with Crippen LogP contribution in [0, 0.1) is 5.41 Å². The largest absolute Gasteiger partial charge is 0.394 e. The van der Waals surface area contributed by atoms with Gasteiger partial charge in [-0.1, -0.05) is 42.5 Å². The summed E-state index contributed by atoms with van der Waals surface area (Å²) >= 11 is 0. The highest BCUT2D eigenvalue weighted by atomic mass is 16.3. The second kappa shape index (κ2) is 12.0. The van der Waals surface area contributed by atoms with Gasteiger partial charge in [0.2, 0.25) is 11.8 Å². The van der Waals surface area contributed by atoms with Crippen molar-refractivity contribution in [1.82, 2.24) is 15.5 Å². The Hall–Kier alpha value is -3.43. The van der Waals surface area contributed by atoms with E-state index in [-0.39, 0.29) is 24.3 Å². The number of nitrogens with one attached hydrogen (secondary N) is 4. The van der Waals surface area contributed by atoms with Gasteiger partial charge in [-0.2, -0.15) is 0 Å². The van der Waals surface area contributed by atoms with Crippen molar-refractivity contribution in [2.75, 3.05) is 31.6 Å². The van der Waals surface area contributed by atoms with Crippen LogP contribution in [0.5, 0.6) is 0 Å². The Bertz CT molecular complexity index is 944. The molecule has 1 saturated heterocycles. The van der Waals surface area contributed by atoms with E-state index in [9.17, 15) is 14.7 Å². The standard InChI is InChI=1S/C24H32N6O3/c25-23(26)18-7-4-8-20(13-18)28-21(16-31)24(33)27-14-22(32)29-19-9-11-30(12-10-19)15-17-5-2-1-3-6-17/h1-8,13,19,21,28,31H,9-12,14-16H2,(H3,25,26)(H,27,33)(H,29,32). The van der Waals surface area contributed by atoms with Crippen LogP contribution in [0.15, 0.2) is 54.6 Å². The predicted octanol–water partition coefficient (Wildman–Crippen LogP) is 0.640. The fourth-order valence-corrected chi connectivity index (χ4v) is 3.82. The highest BCUT2D eigenvalue weighted by molar-refractivity contribution is 5.96. The van der Waals surface area contributed by atoms with E-state index < -0.39 is 18.6 Å². The Morgan fingerprint density at radius 3 is 2.52 bits per heavy atom. The minimum atomic E-state index is -0.929. The van der Waals surface area contributed by atoms with Crippen molar-refractivity contribution < 1.29 is 14.7 Å². The number of aliphatic hydroxyl groups is 1. The zero-order valence-electron chi connectivity index (χ0n) is 18.6. The molecule has 0 aliphatic carbocycles. The van der Waals surface area contributed by atoms with Crippen LogP contribution in [0.2, 0.25) is 0 Å². The van der Waals surface area contributed by atoms with Crippen LogP contribution < -0.4 is 21.7 Å². The molecule has 3 rings (SSSR count). The number of nitrogens with zero attached hydrogens (tertiary/aromatic N) is 1. The summed E-state index contributed by atoms with van der Waals surface area (Å²) in [5, 5.41) is 25.6. The van der Waals surface area contributed by atoms with E-state index in [1.54, 1.807) is 24.3 Å². The maximum Gasteiger partial charge on any atom is 0.245 e. The normalized spacial score (nSPS) is 15.4. The first-order chi connectivity index (χ1) is 15.9. The zero-order valence-corrected chi connectivity index (χ0v) is 18.6. The zero-order chi connectivity index (χ0) is 23.6. The van der Waals surface area contributed by atoms with Gasteiger partial charge in [0.25, 0.3) is 0 Å². The number of aliphatic hydroxyl groups excluding tert-OH is 1. The summed E-state index contributed by atoms with van der Waals surface area (Å²) in [6.07, 6.45) is 1.72. The molecule has 176 valence electrons. The maximum atomic E-state index is 12.4. The number of carbonyl (C=O) groups is 2. The highest BCUT2D eigenvalue weighted by Gasteiger charge is 2.22. The van der Waals surface area contributed by atoms with Crippen LogP contribution in [-0.4, -0.2) is 66.0 Å². The first kappa shape index (κ1) is 24.2. The molecular weight excluding hydrogens is 420 g/mol. The van der Waals surface area contributed by atoms with Gasteiger partial charge in [-0.3, -0.25) is 19.9 Å². The van der Waals surface area contributed by atoms with Gasteiger partial charge in [0.1, 0.15) is 11.9 Å². The molecule has 9 heteroatoms. The summed E-state index contributed by atoms with van der Waals surface area (Å²) in [4.78, 5) is 27.1. The third-order valence-corrected chi connectivity index (χ3v) is 5.64. The molecule has 0 bridgehead atoms. The van der Waals surface area contributed by atoms with Crippen molar-refractivity contribution in [3.63, 3.8) is 0 Å². The number of benzene rings is 2. The van der Waals surface area contributed by atoms with E-state index in [0.717, 1.165) is 32.5 Å². The van der Waals surface area contributed by atoms with Gasteiger partial charge >= 0.3 is 0 Å². The molecule has 1 atom stereocenters. The summed E-state index contributed by atoms with van der Waals surface area (Å²) in [6.45, 7) is 2.11. The molecule has 1 unspecified atom stereocenters. The number of anilines is 1. The number of hydrogen-bond donors (Lipinski definition) is 6. The van der Waals surface area contributed by atoms with Gasteiger partial charge in [0.15, 0.2) is 0 Å². The molecule has 9 nitrogen and oxygen atoms in total. The molecule has 2 aromatic rings. The van der Waals surface area contributed by atoms with Crippen molar-refractivity contribution in [3.8, 4) is 0 Å². The van der Waals surface area contributed by atoms with E-state index >= 15 is 0 Å². The minimum Gasteiger partial charge on any atom is -0.394 e. The van der Waals surface area contributed by atoms with E-state index in [1.165, 1.54) is 5.56 Å². The Morgan fingerprint density at radius 2 is 1.85 bits per heavy atom. The summed E-state index contributed by atoms with van der Waals surface area (Å²) in [6, 6.07) is 16.2. The van der Waals surface area contributed by atoms with Gasteiger partial charge < -0.3 is 26.8 Å². The van der Waals surface area contributed by atoms with Gasteiger partial charge in [-0.15, -0.1) is 0 Å². The van der Waals surface area contributed by atoms with Gasteiger partial charge in [-0.05, 0) is 30.5 Å². The topological polar surface area (TPSA) is 144 Å². The molecule has 33 heavy (non-hydrogen) atoms. The van der Waals surface area contributed by atoms with E-state index in [4.69, 9.17) is 11.1 Å². The van der Waals surface area contributed by atoms with Crippen molar-refractivity contribution in [3.05, 3.63) is 65.7 Å². The summed E-state index contributed by atoms with van der Waals surface area (Å²) in [7, 11) is 0. The number of piperidine rings is 1. The van der Waals surface area contributed by atoms with Gasteiger partial charge in [-0.25, -0.2) is 0 Å². The van der Waals surface area contributed by atoms with Crippen LogP contribution in [0.1, 0.15) is 24.0 Å². The average Bonchev–Trinajstić information content (AvgIpc) is 2.83. The van der Waals surface area contributed by atoms with Crippen molar-refractivity contribution in [2.45, 2.75) is 31.5 Å². The van der Waals surface area contributed by atoms with Crippen LogP contribution in [-0.2, 0) is 16.1 Å². The Kier molecular flexibility index (Phi) is 8.79. The number of nitrogen functional groups attached to an aromatic ring is 1. The summed E-state index contributed by atoms with van der Waals surface area (Å²) in [5.74, 6) is -0.829. The smallest absolute Gasteiger partial charge is 0.245 e. The molecule has 1 fully saturated rings. The van der Waals surface area contributed by atoms with Crippen molar-refractivity contribution in [1.29, 1.82) is 5.41 Å². The molecular formula is C24H32N6O3. The van der Waals surface area contributed by atoms with Crippen molar-refractivity contribution >= 4 is 23.3 Å². The monoisotopic (exact) mass is 452 g/mol. The van der Waals surface area contributed by atoms with Gasteiger partial charge in [0, 0.05) is 36.9 Å². The first-order valence-corrected chi connectivity index (χ1v) is 11.1. The fraction of sp³-hybridized carbons (Fsp3) is 0.375. The molecule has 0 saturated carbocycles. The lowest BCUT2D eigenvalue weighted by Gasteiger charge is -2.32. The van der Waals surface area contributed by atoms with E-state index in [0.29, 0.717) is 11.3 Å². The molecule has 2 amide bonds. The molecule has 0 spiro atoms. The van der Waals surface area contributed by atoms with Crippen molar-refractivity contribution in [2.24, 2.45) is 5.73 Å². The number of rotatable bonds is 10. The van der Waals surface area contributed by atoms with Crippen LogP contribution in [0.25, 0.3) is 0 Å². The van der Waals surface area contributed by atoms with Crippen LogP contribution >= 0.6 is 0 Å². The van der Waals surface area contributed by atoms with E-state index in [2.05, 4.69) is 33.0 Å². The number of hydrogen-bond acceptors (Lipinski definition) is 6. The number of carbonyl (C=O) groups excluding carboxylic acids is 2. The molecule has 1 aliphatic heterocycles. The lowest BCUT2D eigenvalue weighted by molar-refractivity contribution is -0.127. The molecule has 0 aromatic heterocycles. The predicted molar refractivity (Wildman–Crippen MR) is 128 cm³/mol. The first-order valence-electron chi connectivity index (χ1n) is 11.1. The van der Waals surface area contributed by atoms with Crippen LogP contribution in [0.4, 0.5) is 5.69 Å². The summed E-state index contributed by atoms with van der Waals surface area (Å²) < 4.78 is 0. The Morgan fingerprint density at radius 1 is 1.12 bits per heavy atom. The van der Waals surface area contributed by atoms with Gasteiger partial charge in [0.05, 0.1) is 13.2 Å². The second-order valence-electron chi connectivity index (χ2n) is 8.20. The second-order valence-corrected chi connectivity index (χ2v) is 8.20. The lowest BCUT2D eigenvalue weighted by Crippen LogP contribution is -2.49. The summed E-state index contributed by atoms with van der Waals surface area (Å²) in [5.41, 5.74) is 7.82. The maximum absolute atomic E-state index is 12.4. The molecule has 1 aliphatic rings. The fourth-order valence-electron chi connectivity index (χ4n) is 3.82. The number of nitrogens with two attached hydrogens (primary N) is 1. The molecule has 1 heterocycles. The molecule has 2 aromatic carbocycles. The molecule has 0 radical (unpaired) electrons. The third-order valence-electron chi connectivity index (χ3n) is 5.64. The number of amides is 2. The quantitative estimate of drug-likeness (QED) is 0.231. The van der Waals surface area contributed by atoms with E-state index in [1.807, 2.05) is 18.2 Å². The molecule has 7 N–H and O–H groups in total. The Labute approximate surface area is 193 Å². The number of likely N-dealkylation sites (tertiary alicyclic amines) is 1. The number of amidine groups is 1. The average molecular weight is 453 g/mol. The third kappa shape index (κ3) is 7.58. The SMILES string of the molecule is N=C(N)c1cccc(NC(CO)C(=O)NCC(=O)NC2CCN(Cc3ccccc3)CC2)c1. The Balaban J connectivity index is 1.39. The highest BCUT2D eigenvalue weighted by Crippen LogP contribution is 2.14. The van der Waals surface area contributed by atoms with Crippen LogP contribution in [0.3, 0.4) is 0 Å².